The fourth-order valence-electron chi connectivity index (χ4n) is 3.72. The average molecular weight is 168 g/mol. The lowest BCUT2D eigenvalue weighted by Crippen LogP contribution is -2.71. The fourth-order valence-corrected chi connectivity index (χ4v) is 3.72. The van der Waals surface area contributed by atoms with Crippen LogP contribution in [0.3, 0.4) is 0 Å². The van der Waals surface area contributed by atoms with Gasteiger partial charge >= 0.3 is 0 Å². The molecule has 0 amide bonds. The van der Waals surface area contributed by atoms with E-state index < -0.39 is 0 Å². The molecule has 0 N–H and O–H groups in total. The van der Waals surface area contributed by atoms with Crippen molar-refractivity contribution in [3.63, 3.8) is 0 Å². The van der Waals surface area contributed by atoms with Crippen LogP contribution in [-0.4, -0.2) is 18.0 Å². The molecule has 0 aromatic carbocycles. The van der Waals surface area contributed by atoms with Gasteiger partial charge in [-0.25, -0.2) is 0 Å². The molecule has 0 radical (unpaired) electrons. The van der Waals surface area contributed by atoms with Gasteiger partial charge in [0.15, 0.2) is 6.29 Å². The van der Waals surface area contributed by atoms with Crippen molar-refractivity contribution in [2.75, 3.05) is 0 Å². The van der Waals surface area contributed by atoms with Crippen LogP contribution < -0.4 is 0 Å². The molecular formula is C10H16O2. The van der Waals surface area contributed by atoms with Crippen LogP contribution in [-0.2, 0) is 9.47 Å². The summed E-state index contributed by atoms with van der Waals surface area (Å²) in [5, 5.41) is 0. The summed E-state index contributed by atoms with van der Waals surface area (Å²) in [6.45, 7) is 6.79. The molecule has 2 nitrogen and oxygen atoms in total. The van der Waals surface area contributed by atoms with Crippen molar-refractivity contribution in [3.05, 3.63) is 0 Å². The van der Waals surface area contributed by atoms with E-state index in [4.69, 9.17) is 9.47 Å². The van der Waals surface area contributed by atoms with Crippen LogP contribution >= 0.6 is 0 Å². The second-order valence-electron chi connectivity index (χ2n) is 5.37. The van der Waals surface area contributed by atoms with Crippen LogP contribution in [0.1, 0.15) is 33.6 Å². The zero-order valence-corrected chi connectivity index (χ0v) is 7.96. The first-order chi connectivity index (χ1) is 5.51. The Balaban J connectivity index is 2.01. The summed E-state index contributed by atoms with van der Waals surface area (Å²) in [7, 11) is 0. The monoisotopic (exact) mass is 168 g/mol. The molecule has 5 fully saturated rings. The summed E-state index contributed by atoms with van der Waals surface area (Å²) in [4.78, 5) is 0. The molecule has 0 aromatic rings. The molecule has 68 valence electrons. The highest BCUT2D eigenvalue weighted by Crippen LogP contribution is 2.64. The molecule has 4 bridgehead atoms. The lowest BCUT2D eigenvalue weighted by molar-refractivity contribution is -0.414. The van der Waals surface area contributed by atoms with Gasteiger partial charge in [-0.3, -0.25) is 0 Å². The van der Waals surface area contributed by atoms with E-state index in [2.05, 4.69) is 20.8 Å². The van der Waals surface area contributed by atoms with Crippen LogP contribution in [0, 0.1) is 11.3 Å². The van der Waals surface area contributed by atoms with E-state index in [1.54, 1.807) is 0 Å². The first-order valence-electron chi connectivity index (χ1n) is 4.85. The summed E-state index contributed by atoms with van der Waals surface area (Å²) >= 11 is 0. The average Bonchev–Trinajstić information content (AvgIpc) is 1.78. The van der Waals surface area contributed by atoms with Gasteiger partial charge in [0, 0.05) is 12.3 Å². The van der Waals surface area contributed by atoms with E-state index in [0.717, 1.165) is 6.42 Å². The van der Waals surface area contributed by atoms with Crippen molar-refractivity contribution in [2.24, 2.45) is 11.3 Å². The van der Waals surface area contributed by atoms with Gasteiger partial charge in [-0.1, -0.05) is 6.92 Å². The molecule has 4 saturated heterocycles. The minimum Gasteiger partial charge on any atom is -0.349 e. The van der Waals surface area contributed by atoms with Crippen LogP contribution in [0.25, 0.3) is 0 Å². The van der Waals surface area contributed by atoms with E-state index in [1.165, 1.54) is 6.42 Å². The number of hydrogen-bond donors (Lipinski definition) is 0. The number of fused-ring (bicyclic) bond motifs is 1. The van der Waals surface area contributed by atoms with E-state index >= 15 is 0 Å². The summed E-state index contributed by atoms with van der Waals surface area (Å²) in [5.41, 5.74) is 0.578. The Morgan fingerprint density at radius 3 is 2.33 bits per heavy atom. The molecule has 4 heterocycles. The Morgan fingerprint density at radius 2 is 1.92 bits per heavy atom. The predicted molar refractivity (Wildman–Crippen MR) is 44.7 cm³/mol. The smallest absolute Gasteiger partial charge is 0.159 e. The van der Waals surface area contributed by atoms with Gasteiger partial charge in [-0.15, -0.1) is 0 Å². The highest BCUT2D eigenvalue weighted by molar-refractivity contribution is 5.12. The lowest BCUT2D eigenvalue weighted by Gasteiger charge is -2.68. The van der Waals surface area contributed by atoms with Gasteiger partial charge in [0.25, 0.3) is 0 Å². The van der Waals surface area contributed by atoms with Crippen LogP contribution in [0.15, 0.2) is 0 Å². The SMILES string of the molecule is CC1(C)O[C@@H]2C[C@@]3(C)C[C@H](O2)[C@@H]13. The van der Waals surface area contributed by atoms with Crippen LogP contribution in [0.5, 0.6) is 0 Å². The molecule has 12 heavy (non-hydrogen) atoms. The largest absolute Gasteiger partial charge is 0.349 e. The van der Waals surface area contributed by atoms with Crippen molar-refractivity contribution in [2.45, 2.75) is 51.6 Å². The second kappa shape index (κ2) is 1.73. The summed E-state index contributed by atoms with van der Waals surface area (Å²) in [6, 6.07) is 0. The number of hydrogen-bond acceptors (Lipinski definition) is 2. The lowest BCUT2D eigenvalue weighted by atomic mass is 9.50. The third-order valence-corrected chi connectivity index (χ3v) is 3.93. The van der Waals surface area contributed by atoms with Gasteiger partial charge in [0.1, 0.15) is 0 Å². The molecule has 5 rings (SSSR count). The van der Waals surface area contributed by atoms with E-state index in [-0.39, 0.29) is 11.9 Å². The van der Waals surface area contributed by atoms with Gasteiger partial charge in [0.05, 0.1) is 11.7 Å². The number of ether oxygens (including phenoxy) is 2. The summed E-state index contributed by atoms with van der Waals surface area (Å²) < 4.78 is 11.5. The van der Waals surface area contributed by atoms with Crippen molar-refractivity contribution in [1.29, 1.82) is 0 Å². The summed E-state index contributed by atoms with van der Waals surface area (Å²) in [6.07, 6.45) is 2.95. The first-order valence-corrected chi connectivity index (χ1v) is 4.85. The minimum atomic E-state index is 0.0544. The molecule has 4 atom stereocenters. The maximum Gasteiger partial charge on any atom is 0.159 e. The maximum atomic E-state index is 5.82. The Morgan fingerprint density at radius 1 is 1.17 bits per heavy atom. The molecule has 0 spiro atoms. The molecular weight excluding hydrogens is 152 g/mol. The predicted octanol–water partition coefficient (Wildman–Crippen LogP) is 1.94. The zero-order valence-electron chi connectivity index (χ0n) is 7.96. The molecule has 0 aromatic heterocycles. The van der Waals surface area contributed by atoms with E-state index in [0.29, 0.717) is 17.4 Å². The summed E-state index contributed by atoms with van der Waals surface area (Å²) in [5.74, 6) is 0.634. The molecule has 4 aliphatic heterocycles. The van der Waals surface area contributed by atoms with E-state index in [9.17, 15) is 0 Å². The van der Waals surface area contributed by atoms with Gasteiger partial charge in [-0.05, 0) is 25.7 Å². The second-order valence-corrected chi connectivity index (χ2v) is 5.37. The zero-order chi connectivity index (χ0) is 8.56. The molecule has 1 aliphatic carbocycles. The van der Waals surface area contributed by atoms with E-state index in [1.807, 2.05) is 0 Å². The van der Waals surface area contributed by atoms with Crippen molar-refractivity contribution in [1.82, 2.24) is 0 Å². The first kappa shape index (κ1) is 7.34. The highest BCUT2D eigenvalue weighted by atomic mass is 16.7. The highest BCUT2D eigenvalue weighted by Gasteiger charge is 2.66. The molecule has 1 saturated carbocycles. The minimum absolute atomic E-state index is 0.0544. The molecule has 2 heteroatoms. The van der Waals surface area contributed by atoms with Crippen LogP contribution in [0.2, 0.25) is 0 Å². The van der Waals surface area contributed by atoms with Gasteiger partial charge < -0.3 is 9.47 Å². The quantitative estimate of drug-likeness (QED) is 0.550. The van der Waals surface area contributed by atoms with Gasteiger partial charge in [0.2, 0.25) is 0 Å². The fraction of sp³-hybridized carbons (Fsp3) is 1.00. The molecule has 0 unspecified atom stereocenters. The molecule has 5 aliphatic rings. The third-order valence-electron chi connectivity index (χ3n) is 3.93. The Kier molecular flexibility index (Phi) is 1.06. The van der Waals surface area contributed by atoms with Crippen molar-refractivity contribution >= 4 is 0 Å². The topological polar surface area (TPSA) is 18.5 Å². The number of rotatable bonds is 0. The Hall–Kier alpha value is -0.0800. The van der Waals surface area contributed by atoms with Gasteiger partial charge in [-0.2, -0.15) is 0 Å². The third kappa shape index (κ3) is 0.647. The van der Waals surface area contributed by atoms with Crippen molar-refractivity contribution in [3.8, 4) is 0 Å². The Bertz CT molecular complexity index is 220. The normalized spacial score (nSPS) is 59.8. The standard InChI is InChI=1S/C10H16O2/c1-9(2)8-6-4-10(8,3)5-7(11-6)12-9/h6-8H,4-5H2,1-3H3/t6-,7+,8-,10+/m0/s1. The Labute approximate surface area is 73.2 Å². The maximum absolute atomic E-state index is 5.82. The van der Waals surface area contributed by atoms with Crippen molar-refractivity contribution < 1.29 is 9.47 Å². The van der Waals surface area contributed by atoms with Crippen LogP contribution in [0.4, 0.5) is 0 Å².